The van der Waals surface area contributed by atoms with E-state index in [0.29, 0.717) is 17.6 Å². The van der Waals surface area contributed by atoms with Crippen LogP contribution in [0.25, 0.3) is 0 Å². The fourth-order valence-corrected chi connectivity index (χ4v) is 2.48. The quantitative estimate of drug-likeness (QED) is 0.885. The summed E-state index contributed by atoms with van der Waals surface area (Å²) in [6, 6.07) is 2.29. The SMILES string of the molecule is CC1CCCC(C)N1NC(=O)c1ccoc1Cl. The third-order valence-corrected chi connectivity index (χ3v) is 3.58. The number of amides is 1. The average Bonchev–Trinajstić information content (AvgIpc) is 2.70. The number of halogens is 1. The fourth-order valence-electron chi connectivity index (χ4n) is 2.27. The maximum absolute atomic E-state index is 12.0. The topological polar surface area (TPSA) is 45.5 Å². The van der Waals surface area contributed by atoms with Gasteiger partial charge in [-0.2, -0.15) is 0 Å². The smallest absolute Gasteiger partial charge is 0.270 e. The van der Waals surface area contributed by atoms with Crippen molar-refractivity contribution < 1.29 is 9.21 Å². The van der Waals surface area contributed by atoms with E-state index in [4.69, 9.17) is 16.0 Å². The minimum atomic E-state index is -0.204. The molecule has 1 amide bonds. The first kappa shape index (κ1) is 12.5. The average molecular weight is 257 g/mol. The number of furan rings is 1. The van der Waals surface area contributed by atoms with Crippen molar-refractivity contribution in [1.29, 1.82) is 0 Å². The van der Waals surface area contributed by atoms with Crippen LogP contribution in [0.15, 0.2) is 16.7 Å². The molecule has 94 valence electrons. The lowest BCUT2D eigenvalue weighted by Gasteiger charge is -2.38. The second-order valence-corrected chi connectivity index (χ2v) is 4.93. The van der Waals surface area contributed by atoms with Gasteiger partial charge in [-0.15, -0.1) is 0 Å². The van der Waals surface area contributed by atoms with Crippen molar-refractivity contribution in [2.24, 2.45) is 0 Å². The molecule has 0 saturated carbocycles. The van der Waals surface area contributed by atoms with E-state index in [0.717, 1.165) is 12.8 Å². The van der Waals surface area contributed by atoms with Gasteiger partial charge in [-0.1, -0.05) is 6.42 Å². The van der Waals surface area contributed by atoms with Crippen molar-refractivity contribution in [2.75, 3.05) is 0 Å². The third-order valence-electron chi connectivity index (χ3n) is 3.29. The molecule has 0 radical (unpaired) electrons. The monoisotopic (exact) mass is 256 g/mol. The van der Waals surface area contributed by atoms with E-state index in [1.807, 2.05) is 5.01 Å². The molecular weight excluding hydrogens is 240 g/mol. The summed E-state index contributed by atoms with van der Waals surface area (Å²) in [4.78, 5) is 12.0. The zero-order valence-electron chi connectivity index (χ0n) is 10.1. The molecule has 0 aliphatic carbocycles. The number of hydrogen-bond donors (Lipinski definition) is 1. The largest absolute Gasteiger partial charge is 0.452 e. The number of nitrogens with one attached hydrogen (secondary N) is 1. The molecule has 1 aliphatic heterocycles. The van der Waals surface area contributed by atoms with Crippen LogP contribution in [0.2, 0.25) is 5.22 Å². The van der Waals surface area contributed by atoms with Crippen molar-refractivity contribution in [3.05, 3.63) is 23.1 Å². The predicted octanol–water partition coefficient (Wildman–Crippen LogP) is 2.84. The zero-order chi connectivity index (χ0) is 12.4. The number of carbonyl (C=O) groups excluding carboxylic acids is 1. The van der Waals surface area contributed by atoms with E-state index >= 15 is 0 Å². The highest BCUT2D eigenvalue weighted by atomic mass is 35.5. The molecular formula is C12H17ClN2O2. The third kappa shape index (κ3) is 2.64. The van der Waals surface area contributed by atoms with Crippen LogP contribution in [0.3, 0.4) is 0 Å². The van der Waals surface area contributed by atoms with Crippen LogP contribution < -0.4 is 5.43 Å². The lowest BCUT2D eigenvalue weighted by atomic mass is 10.00. The molecule has 5 heteroatoms. The highest BCUT2D eigenvalue weighted by Crippen LogP contribution is 2.22. The van der Waals surface area contributed by atoms with Gasteiger partial charge in [0.05, 0.1) is 11.8 Å². The van der Waals surface area contributed by atoms with E-state index in [1.165, 1.54) is 12.7 Å². The van der Waals surface area contributed by atoms with Gasteiger partial charge in [0.1, 0.15) is 0 Å². The minimum Gasteiger partial charge on any atom is -0.452 e. The number of hydrazine groups is 1. The van der Waals surface area contributed by atoms with Gasteiger partial charge in [-0.05, 0) is 44.4 Å². The second kappa shape index (κ2) is 5.10. The first-order valence-electron chi connectivity index (χ1n) is 5.92. The van der Waals surface area contributed by atoms with Gasteiger partial charge in [0.25, 0.3) is 5.91 Å². The summed E-state index contributed by atoms with van der Waals surface area (Å²) in [5, 5.41) is 2.15. The Labute approximate surface area is 106 Å². The molecule has 0 bridgehead atoms. The standard InChI is InChI=1S/C12H17ClN2O2/c1-8-4-3-5-9(2)15(8)14-12(16)10-6-7-17-11(10)13/h6-9H,3-5H2,1-2H3,(H,14,16). The molecule has 1 aromatic rings. The van der Waals surface area contributed by atoms with Crippen LogP contribution >= 0.6 is 11.6 Å². The molecule has 2 heterocycles. The van der Waals surface area contributed by atoms with Gasteiger partial charge in [0.2, 0.25) is 5.22 Å². The maximum Gasteiger partial charge on any atom is 0.270 e. The summed E-state index contributed by atoms with van der Waals surface area (Å²) in [5.41, 5.74) is 3.30. The van der Waals surface area contributed by atoms with Crippen LogP contribution in [0.1, 0.15) is 43.5 Å². The Balaban J connectivity index is 2.05. The minimum absolute atomic E-state index is 0.139. The highest BCUT2D eigenvalue weighted by Gasteiger charge is 2.27. The van der Waals surface area contributed by atoms with Gasteiger partial charge in [0.15, 0.2) is 0 Å². The molecule has 0 aromatic carbocycles. The van der Waals surface area contributed by atoms with Crippen LogP contribution in [-0.4, -0.2) is 23.0 Å². The Morgan fingerprint density at radius 2 is 2.12 bits per heavy atom. The molecule has 17 heavy (non-hydrogen) atoms. The maximum atomic E-state index is 12.0. The van der Waals surface area contributed by atoms with Crippen molar-refractivity contribution in [3.8, 4) is 0 Å². The van der Waals surface area contributed by atoms with Crippen LogP contribution in [-0.2, 0) is 0 Å². The number of piperidine rings is 1. The lowest BCUT2D eigenvalue weighted by molar-refractivity contribution is 0.0369. The lowest BCUT2D eigenvalue weighted by Crippen LogP contribution is -2.54. The number of carbonyl (C=O) groups is 1. The summed E-state index contributed by atoms with van der Waals surface area (Å²) in [6.45, 7) is 4.24. The number of nitrogens with zero attached hydrogens (tertiary/aromatic N) is 1. The molecule has 1 saturated heterocycles. The summed E-state index contributed by atoms with van der Waals surface area (Å²) in [7, 11) is 0. The van der Waals surface area contributed by atoms with Crippen molar-refractivity contribution >= 4 is 17.5 Å². The molecule has 2 unspecified atom stereocenters. The van der Waals surface area contributed by atoms with Gasteiger partial charge >= 0.3 is 0 Å². The van der Waals surface area contributed by atoms with Crippen molar-refractivity contribution in [1.82, 2.24) is 10.4 Å². The van der Waals surface area contributed by atoms with E-state index in [9.17, 15) is 4.79 Å². The first-order valence-corrected chi connectivity index (χ1v) is 6.29. The van der Waals surface area contributed by atoms with Crippen LogP contribution in [0.5, 0.6) is 0 Å². The van der Waals surface area contributed by atoms with Crippen LogP contribution in [0, 0.1) is 0 Å². The molecule has 4 nitrogen and oxygen atoms in total. The Morgan fingerprint density at radius 1 is 1.47 bits per heavy atom. The van der Waals surface area contributed by atoms with Crippen molar-refractivity contribution in [3.63, 3.8) is 0 Å². The van der Waals surface area contributed by atoms with Crippen molar-refractivity contribution in [2.45, 2.75) is 45.2 Å². The molecule has 1 fully saturated rings. The Hall–Kier alpha value is -1.00. The second-order valence-electron chi connectivity index (χ2n) is 4.59. The van der Waals surface area contributed by atoms with E-state index < -0.39 is 0 Å². The molecule has 2 rings (SSSR count). The van der Waals surface area contributed by atoms with E-state index in [2.05, 4.69) is 19.3 Å². The number of hydrogen-bond acceptors (Lipinski definition) is 3. The molecule has 1 aromatic heterocycles. The molecule has 1 N–H and O–H groups in total. The highest BCUT2D eigenvalue weighted by molar-refractivity contribution is 6.32. The zero-order valence-corrected chi connectivity index (χ0v) is 10.8. The summed E-state index contributed by atoms with van der Waals surface area (Å²) >= 11 is 5.78. The Morgan fingerprint density at radius 3 is 2.65 bits per heavy atom. The summed E-state index contributed by atoms with van der Waals surface area (Å²) in [6.07, 6.45) is 4.83. The van der Waals surface area contributed by atoms with E-state index in [1.54, 1.807) is 6.07 Å². The van der Waals surface area contributed by atoms with Gasteiger partial charge in [-0.25, -0.2) is 5.01 Å². The molecule has 2 atom stereocenters. The fraction of sp³-hybridized carbons (Fsp3) is 0.583. The van der Waals surface area contributed by atoms with Gasteiger partial charge < -0.3 is 4.42 Å². The predicted molar refractivity (Wildman–Crippen MR) is 65.8 cm³/mol. The Bertz CT molecular complexity index is 395. The summed E-state index contributed by atoms with van der Waals surface area (Å²) < 4.78 is 4.91. The van der Waals surface area contributed by atoms with E-state index in [-0.39, 0.29) is 11.1 Å². The molecule has 0 spiro atoms. The normalized spacial score (nSPS) is 25.8. The Kier molecular flexibility index (Phi) is 3.74. The summed E-state index contributed by atoms with van der Waals surface area (Å²) in [5.74, 6) is -0.204. The van der Waals surface area contributed by atoms with Gasteiger partial charge in [-0.3, -0.25) is 10.2 Å². The number of rotatable bonds is 2. The first-order chi connectivity index (χ1) is 8.09. The van der Waals surface area contributed by atoms with Gasteiger partial charge in [0, 0.05) is 12.1 Å². The van der Waals surface area contributed by atoms with Crippen LogP contribution in [0.4, 0.5) is 0 Å². The molecule has 1 aliphatic rings.